The Morgan fingerprint density at radius 1 is 1.11 bits per heavy atom. The summed E-state index contributed by atoms with van der Waals surface area (Å²) in [5.74, 6) is 0.227. The molecule has 0 aliphatic carbocycles. The van der Waals surface area contributed by atoms with Crippen LogP contribution in [0.3, 0.4) is 0 Å². The van der Waals surface area contributed by atoms with Gasteiger partial charge in [0.05, 0.1) is 27.2 Å². The lowest BCUT2D eigenvalue weighted by Crippen LogP contribution is -2.23. The number of hydrogen-bond acceptors (Lipinski definition) is 6. The van der Waals surface area contributed by atoms with Gasteiger partial charge in [-0.25, -0.2) is 9.79 Å². The van der Waals surface area contributed by atoms with Crippen LogP contribution in [0.5, 0.6) is 5.75 Å². The molecule has 6 nitrogen and oxygen atoms in total. The van der Waals surface area contributed by atoms with E-state index in [9.17, 15) is 9.59 Å². The third-order valence-electron chi connectivity index (χ3n) is 5.17. The summed E-state index contributed by atoms with van der Waals surface area (Å²) in [6.07, 6.45) is 1.84. The third kappa shape index (κ3) is 6.57. The van der Waals surface area contributed by atoms with Gasteiger partial charge in [0.25, 0.3) is 5.91 Å². The van der Waals surface area contributed by atoms with Crippen LogP contribution in [0, 0.1) is 3.57 Å². The van der Waals surface area contributed by atoms with E-state index in [1.54, 1.807) is 38.2 Å². The Kier molecular flexibility index (Phi) is 8.86. The van der Waals surface area contributed by atoms with Gasteiger partial charge in [-0.2, -0.15) is 0 Å². The molecule has 1 fully saturated rings. The summed E-state index contributed by atoms with van der Waals surface area (Å²) < 4.78 is 12.9. The van der Waals surface area contributed by atoms with E-state index in [1.165, 1.54) is 20.2 Å². The SMILES string of the molecule is CCOC(=O)c1ccc(N=C2S/C(=C\c3ccc(OCc4ccc(I)cc4)c(Br)c3)C(=O)N2C)cc1. The first kappa shape index (κ1) is 26.4. The zero-order chi connectivity index (χ0) is 25.7. The number of aliphatic imine (C=N–C) groups is 1. The Morgan fingerprint density at radius 2 is 1.83 bits per heavy atom. The van der Waals surface area contributed by atoms with Crippen molar-refractivity contribution in [1.29, 1.82) is 0 Å². The van der Waals surface area contributed by atoms with Crippen molar-refractivity contribution in [2.45, 2.75) is 13.5 Å². The first-order chi connectivity index (χ1) is 17.3. The van der Waals surface area contributed by atoms with Crippen molar-refractivity contribution in [3.05, 3.63) is 96.4 Å². The topological polar surface area (TPSA) is 68.2 Å². The molecule has 0 bridgehead atoms. The van der Waals surface area contributed by atoms with Crippen LogP contribution in [0.25, 0.3) is 6.08 Å². The van der Waals surface area contributed by atoms with Crippen LogP contribution in [-0.2, 0) is 16.1 Å². The summed E-state index contributed by atoms with van der Waals surface area (Å²) >= 11 is 7.15. The number of likely N-dealkylation sites (N-methyl/N-ethyl adjacent to an activating group) is 1. The monoisotopic (exact) mass is 676 g/mol. The van der Waals surface area contributed by atoms with Crippen LogP contribution in [0.4, 0.5) is 5.69 Å². The average Bonchev–Trinajstić information content (AvgIpc) is 3.12. The molecule has 3 aromatic carbocycles. The highest BCUT2D eigenvalue weighted by molar-refractivity contribution is 14.1. The molecule has 1 aliphatic heterocycles. The third-order valence-corrected chi connectivity index (χ3v) is 7.57. The van der Waals surface area contributed by atoms with Crippen LogP contribution < -0.4 is 4.74 Å². The quantitative estimate of drug-likeness (QED) is 0.153. The maximum Gasteiger partial charge on any atom is 0.338 e. The van der Waals surface area contributed by atoms with Crippen LogP contribution in [0.15, 0.2) is 81.1 Å². The highest BCUT2D eigenvalue weighted by Crippen LogP contribution is 2.34. The fraction of sp³-hybridized carbons (Fsp3) is 0.148. The summed E-state index contributed by atoms with van der Waals surface area (Å²) in [6.45, 7) is 2.55. The minimum atomic E-state index is -0.373. The number of carbonyl (C=O) groups excluding carboxylic acids is 2. The summed E-state index contributed by atoms with van der Waals surface area (Å²) in [4.78, 5) is 31.3. The van der Waals surface area contributed by atoms with Crippen LogP contribution in [0.1, 0.15) is 28.4 Å². The molecule has 0 N–H and O–H groups in total. The number of esters is 1. The number of hydrogen-bond donors (Lipinski definition) is 0. The number of halogens is 2. The van der Waals surface area contributed by atoms with Crippen molar-refractivity contribution in [3.63, 3.8) is 0 Å². The first-order valence-electron chi connectivity index (χ1n) is 11.0. The normalized spacial score (nSPS) is 15.6. The minimum Gasteiger partial charge on any atom is -0.488 e. The van der Waals surface area contributed by atoms with Crippen molar-refractivity contribution >= 4 is 79.1 Å². The molecule has 0 radical (unpaired) electrons. The number of ether oxygens (including phenoxy) is 2. The van der Waals surface area contributed by atoms with Crippen molar-refractivity contribution < 1.29 is 19.1 Å². The van der Waals surface area contributed by atoms with Gasteiger partial charge in [-0.05, 0) is 123 Å². The molecule has 1 saturated heterocycles. The summed E-state index contributed by atoms with van der Waals surface area (Å²) in [5.41, 5.74) is 3.06. The zero-order valence-corrected chi connectivity index (χ0v) is 24.1. The molecule has 1 aliphatic rings. The molecule has 1 amide bonds. The van der Waals surface area contributed by atoms with Gasteiger partial charge in [-0.15, -0.1) is 0 Å². The van der Waals surface area contributed by atoms with E-state index >= 15 is 0 Å². The molecule has 0 saturated carbocycles. The van der Waals surface area contributed by atoms with E-state index in [1.807, 2.05) is 48.5 Å². The zero-order valence-electron chi connectivity index (χ0n) is 19.5. The number of amidine groups is 1. The Morgan fingerprint density at radius 3 is 2.50 bits per heavy atom. The molecule has 0 aromatic heterocycles. The summed E-state index contributed by atoms with van der Waals surface area (Å²) in [6, 6.07) is 20.7. The van der Waals surface area contributed by atoms with Crippen molar-refractivity contribution in [3.8, 4) is 5.75 Å². The molecule has 36 heavy (non-hydrogen) atoms. The maximum atomic E-state index is 12.8. The molecular formula is C27H22BrIN2O4S. The van der Waals surface area contributed by atoms with Crippen LogP contribution in [0.2, 0.25) is 0 Å². The van der Waals surface area contributed by atoms with Gasteiger partial charge in [-0.1, -0.05) is 18.2 Å². The molecular weight excluding hydrogens is 655 g/mol. The van der Waals surface area contributed by atoms with Gasteiger partial charge in [0.2, 0.25) is 0 Å². The molecule has 184 valence electrons. The second-order valence-corrected chi connectivity index (χ2v) is 10.9. The number of nitrogens with zero attached hydrogens (tertiary/aromatic N) is 2. The molecule has 1 heterocycles. The average molecular weight is 677 g/mol. The van der Waals surface area contributed by atoms with Crippen molar-refractivity contribution in [1.82, 2.24) is 4.90 Å². The van der Waals surface area contributed by atoms with Crippen LogP contribution in [-0.4, -0.2) is 35.6 Å². The predicted octanol–water partition coefficient (Wildman–Crippen LogP) is 7.04. The van der Waals surface area contributed by atoms with Crippen molar-refractivity contribution in [2.24, 2.45) is 4.99 Å². The van der Waals surface area contributed by atoms with Crippen LogP contribution >= 0.6 is 50.3 Å². The van der Waals surface area contributed by atoms with E-state index in [0.29, 0.717) is 34.5 Å². The predicted molar refractivity (Wildman–Crippen MR) is 155 cm³/mol. The number of amides is 1. The lowest BCUT2D eigenvalue weighted by Gasteiger charge is -2.09. The summed E-state index contributed by atoms with van der Waals surface area (Å²) in [7, 11) is 1.69. The van der Waals surface area contributed by atoms with E-state index in [0.717, 1.165) is 21.3 Å². The number of rotatable bonds is 7. The number of thioether (sulfide) groups is 1. The second-order valence-electron chi connectivity index (χ2n) is 7.74. The fourth-order valence-electron chi connectivity index (χ4n) is 3.27. The largest absolute Gasteiger partial charge is 0.488 e. The highest BCUT2D eigenvalue weighted by atomic mass is 127. The Labute approximate surface area is 236 Å². The highest BCUT2D eigenvalue weighted by Gasteiger charge is 2.30. The molecule has 0 spiro atoms. The standard InChI is InChI=1S/C27H22BrIN2O4S/c1-3-34-26(33)19-7-11-21(12-8-19)30-27-31(2)25(32)24(36-27)15-18-6-13-23(22(28)14-18)35-16-17-4-9-20(29)10-5-17/h4-15H,3,16H2,1-2H3/b24-15-,30-27?. The van der Waals surface area contributed by atoms with Gasteiger partial charge >= 0.3 is 5.97 Å². The molecule has 9 heteroatoms. The summed E-state index contributed by atoms with van der Waals surface area (Å²) in [5, 5.41) is 0.562. The maximum absolute atomic E-state index is 12.8. The van der Waals surface area contributed by atoms with E-state index < -0.39 is 0 Å². The van der Waals surface area contributed by atoms with E-state index in [2.05, 4.69) is 43.5 Å². The molecule has 3 aromatic rings. The number of carbonyl (C=O) groups is 2. The Bertz CT molecular complexity index is 1340. The fourth-order valence-corrected chi connectivity index (χ4v) is 5.12. The molecule has 0 unspecified atom stereocenters. The second kappa shape index (κ2) is 12.1. The number of benzene rings is 3. The molecule has 4 rings (SSSR count). The van der Waals surface area contributed by atoms with Gasteiger partial charge in [0.15, 0.2) is 5.17 Å². The Balaban J connectivity index is 1.45. The van der Waals surface area contributed by atoms with Gasteiger partial charge in [0, 0.05) is 10.6 Å². The lowest BCUT2D eigenvalue weighted by molar-refractivity contribution is -0.121. The Hall–Kier alpha value is -2.63. The van der Waals surface area contributed by atoms with E-state index in [4.69, 9.17) is 9.47 Å². The van der Waals surface area contributed by atoms with Gasteiger partial charge in [0.1, 0.15) is 12.4 Å². The van der Waals surface area contributed by atoms with E-state index in [-0.39, 0.29) is 11.9 Å². The van der Waals surface area contributed by atoms with Gasteiger partial charge < -0.3 is 9.47 Å². The molecule has 0 atom stereocenters. The van der Waals surface area contributed by atoms with Gasteiger partial charge in [-0.3, -0.25) is 9.69 Å². The first-order valence-corrected chi connectivity index (χ1v) is 13.7. The minimum absolute atomic E-state index is 0.128. The lowest BCUT2D eigenvalue weighted by atomic mass is 10.2. The van der Waals surface area contributed by atoms with Crippen molar-refractivity contribution in [2.75, 3.05) is 13.7 Å². The smallest absolute Gasteiger partial charge is 0.338 e.